The molecule has 2 aromatic heterocycles. The quantitative estimate of drug-likeness (QED) is 0.627. The standard InChI is InChI=1S/C15H14F4N6/c1-23-4-6-24(7-5-23)13-14-22-20-8-25(14)12-10(21-13)3-2-9(11(12)16)15(17,18)19/h2-3,8H,4-7H2,1H3. The Bertz CT molecular complexity index is 942. The van der Waals surface area contributed by atoms with Gasteiger partial charge in [0.05, 0.1) is 11.1 Å². The SMILES string of the molecule is CN1CCN(c2nc3ccc(C(F)(F)F)c(F)c3n3cnnc23)CC1. The van der Waals surface area contributed by atoms with Crippen LogP contribution in [-0.2, 0) is 6.18 Å². The second-order valence-electron chi connectivity index (χ2n) is 6.04. The van der Waals surface area contributed by atoms with Gasteiger partial charge in [-0.2, -0.15) is 13.2 Å². The van der Waals surface area contributed by atoms with E-state index in [-0.39, 0.29) is 16.7 Å². The number of halogens is 4. The van der Waals surface area contributed by atoms with Gasteiger partial charge in [-0.3, -0.25) is 4.40 Å². The van der Waals surface area contributed by atoms with Crippen molar-refractivity contribution < 1.29 is 17.6 Å². The van der Waals surface area contributed by atoms with Crippen molar-refractivity contribution in [3.05, 3.63) is 29.8 Å². The lowest BCUT2D eigenvalue weighted by Gasteiger charge is -2.33. The first-order valence-corrected chi connectivity index (χ1v) is 7.69. The average molecular weight is 354 g/mol. The van der Waals surface area contributed by atoms with Gasteiger partial charge >= 0.3 is 6.18 Å². The molecule has 0 saturated carbocycles. The summed E-state index contributed by atoms with van der Waals surface area (Å²) >= 11 is 0. The molecule has 0 atom stereocenters. The number of piperazine rings is 1. The number of fused-ring (bicyclic) bond motifs is 3. The maximum absolute atomic E-state index is 14.5. The molecule has 1 aromatic carbocycles. The summed E-state index contributed by atoms with van der Waals surface area (Å²) in [6, 6.07) is 1.90. The van der Waals surface area contributed by atoms with E-state index in [9.17, 15) is 17.6 Å². The van der Waals surface area contributed by atoms with Gasteiger partial charge in [-0.25, -0.2) is 9.37 Å². The normalized spacial score (nSPS) is 16.9. The molecule has 0 aliphatic carbocycles. The Morgan fingerprint density at radius 3 is 2.48 bits per heavy atom. The minimum atomic E-state index is -4.78. The van der Waals surface area contributed by atoms with Crippen LogP contribution in [-0.4, -0.2) is 57.7 Å². The number of aromatic nitrogens is 4. The smallest absolute Gasteiger partial charge is 0.351 e. The lowest BCUT2D eigenvalue weighted by atomic mass is 10.1. The lowest BCUT2D eigenvalue weighted by Crippen LogP contribution is -2.45. The van der Waals surface area contributed by atoms with Crippen LogP contribution in [0.5, 0.6) is 0 Å². The summed E-state index contributed by atoms with van der Waals surface area (Å²) < 4.78 is 54.8. The van der Waals surface area contributed by atoms with Crippen molar-refractivity contribution in [2.24, 2.45) is 0 Å². The van der Waals surface area contributed by atoms with Crippen LogP contribution in [0.1, 0.15) is 5.56 Å². The van der Waals surface area contributed by atoms with Gasteiger partial charge in [-0.05, 0) is 19.2 Å². The zero-order valence-corrected chi connectivity index (χ0v) is 13.3. The van der Waals surface area contributed by atoms with E-state index in [1.807, 2.05) is 11.9 Å². The molecule has 1 saturated heterocycles. The number of benzene rings is 1. The van der Waals surface area contributed by atoms with Crippen LogP contribution in [0.15, 0.2) is 18.5 Å². The summed E-state index contributed by atoms with van der Waals surface area (Å²) in [6.45, 7) is 3.03. The Labute approximate surface area is 139 Å². The van der Waals surface area contributed by atoms with Crippen molar-refractivity contribution in [2.45, 2.75) is 6.18 Å². The van der Waals surface area contributed by atoms with Crippen LogP contribution in [0.3, 0.4) is 0 Å². The van der Waals surface area contributed by atoms with Crippen LogP contribution in [0, 0.1) is 5.82 Å². The van der Waals surface area contributed by atoms with Gasteiger partial charge in [-0.15, -0.1) is 10.2 Å². The van der Waals surface area contributed by atoms with E-state index in [2.05, 4.69) is 20.1 Å². The zero-order chi connectivity index (χ0) is 17.8. The number of alkyl halides is 3. The highest BCUT2D eigenvalue weighted by Gasteiger charge is 2.35. The molecule has 6 nitrogen and oxygen atoms in total. The molecule has 132 valence electrons. The van der Waals surface area contributed by atoms with Crippen LogP contribution in [0.4, 0.5) is 23.4 Å². The molecule has 1 aliphatic heterocycles. The molecule has 4 rings (SSSR count). The first kappa shape index (κ1) is 16.0. The first-order valence-electron chi connectivity index (χ1n) is 7.69. The van der Waals surface area contributed by atoms with Crippen molar-refractivity contribution in [2.75, 3.05) is 38.1 Å². The number of hydrogen-bond donors (Lipinski definition) is 0. The molecule has 0 amide bonds. The second kappa shape index (κ2) is 5.51. The maximum atomic E-state index is 14.5. The molecule has 10 heteroatoms. The van der Waals surface area contributed by atoms with Crippen LogP contribution in [0.2, 0.25) is 0 Å². The summed E-state index contributed by atoms with van der Waals surface area (Å²) in [5.41, 5.74) is -1.22. The third-order valence-corrected chi connectivity index (χ3v) is 4.42. The van der Waals surface area contributed by atoms with Crippen molar-refractivity contribution in [3.63, 3.8) is 0 Å². The number of anilines is 1. The largest absolute Gasteiger partial charge is 0.419 e. The summed E-state index contributed by atoms with van der Waals surface area (Å²) in [7, 11) is 2.01. The molecule has 3 aromatic rings. The molecule has 1 aliphatic rings. The minimum absolute atomic E-state index is 0.131. The predicted octanol–water partition coefficient (Wildman–Crippen LogP) is 2.19. The molecule has 0 radical (unpaired) electrons. The highest BCUT2D eigenvalue weighted by Crippen LogP contribution is 2.35. The fourth-order valence-electron chi connectivity index (χ4n) is 3.04. The topological polar surface area (TPSA) is 49.6 Å². The highest BCUT2D eigenvalue weighted by atomic mass is 19.4. The molecule has 0 unspecified atom stereocenters. The molecule has 0 bridgehead atoms. The van der Waals surface area contributed by atoms with Gasteiger partial charge in [0.2, 0.25) is 5.65 Å². The summed E-state index contributed by atoms with van der Waals surface area (Å²) in [5, 5.41) is 7.69. The van der Waals surface area contributed by atoms with Crippen molar-refractivity contribution in [1.29, 1.82) is 0 Å². The average Bonchev–Trinajstić information content (AvgIpc) is 3.03. The van der Waals surface area contributed by atoms with Gasteiger partial charge < -0.3 is 9.80 Å². The van der Waals surface area contributed by atoms with E-state index in [0.29, 0.717) is 25.0 Å². The highest BCUT2D eigenvalue weighted by molar-refractivity contribution is 5.84. The fourth-order valence-corrected chi connectivity index (χ4v) is 3.04. The third-order valence-electron chi connectivity index (χ3n) is 4.42. The predicted molar refractivity (Wildman–Crippen MR) is 83.0 cm³/mol. The van der Waals surface area contributed by atoms with Gasteiger partial charge in [0.25, 0.3) is 0 Å². The molecule has 3 heterocycles. The monoisotopic (exact) mass is 354 g/mol. The van der Waals surface area contributed by atoms with Crippen molar-refractivity contribution >= 4 is 22.5 Å². The molecule has 0 spiro atoms. The van der Waals surface area contributed by atoms with Gasteiger partial charge in [0.15, 0.2) is 11.6 Å². The van der Waals surface area contributed by atoms with Crippen molar-refractivity contribution in [3.8, 4) is 0 Å². The maximum Gasteiger partial charge on any atom is 0.419 e. The Hall–Kier alpha value is -2.49. The summed E-state index contributed by atoms with van der Waals surface area (Å²) in [6.07, 6.45) is -3.57. The molecular weight excluding hydrogens is 340 g/mol. The van der Waals surface area contributed by atoms with E-state index in [4.69, 9.17) is 0 Å². The first-order chi connectivity index (χ1) is 11.9. The van der Waals surface area contributed by atoms with Gasteiger partial charge in [-0.1, -0.05) is 0 Å². The van der Waals surface area contributed by atoms with Crippen molar-refractivity contribution in [1.82, 2.24) is 24.5 Å². The van der Waals surface area contributed by atoms with E-state index in [1.165, 1.54) is 16.8 Å². The van der Waals surface area contributed by atoms with E-state index in [1.54, 1.807) is 0 Å². The van der Waals surface area contributed by atoms with E-state index < -0.39 is 17.6 Å². The Morgan fingerprint density at radius 1 is 1.08 bits per heavy atom. The second-order valence-corrected chi connectivity index (χ2v) is 6.04. The molecule has 0 N–H and O–H groups in total. The zero-order valence-electron chi connectivity index (χ0n) is 13.3. The summed E-state index contributed by atoms with van der Waals surface area (Å²) in [4.78, 5) is 8.53. The van der Waals surface area contributed by atoms with Crippen LogP contribution >= 0.6 is 0 Å². The Morgan fingerprint density at radius 2 is 1.80 bits per heavy atom. The minimum Gasteiger partial charge on any atom is -0.351 e. The Kier molecular flexibility index (Phi) is 3.53. The molecular formula is C15H14F4N6. The number of rotatable bonds is 1. The van der Waals surface area contributed by atoms with E-state index >= 15 is 0 Å². The Balaban J connectivity index is 1.94. The molecule has 1 fully saturated rings. The third kappa shape index (κ3) is 2.56. The number of nitrogens with zero attached hydrogens (tertiary/aromatic N) is 6. The number of hydrogen-bond acceptors (Lipinski definition) is 5. The fraction of sp³-hybridized carbons (Fsp3) is 0.400. The van der Waals surface area contributed by atoms with E-state index in [0.717, 1.165) is 13.1 Å². The summed E-state index contributed by atoms with van der Waals surface area (Å²) in [5.74, 6) is -0.871. The van der Waals surface area contributed by atoms with Gasteiger partial charge in [0.1, 0.15) is 11.8 Å². The lowest BCUT2D eigenvalue weighted by molar-refractivity contribution is -0.139. The molecule has 25 heavy (non-hydrogen) atoms. The van der Waals surface area contributed by atoms with Crippen LogP contribution < -0.4 is 4.90 Å². The van der Waals surface area contributed by atoms with Gasteiger partial charge in [0, 0.05) is 26.2 Å². The number of likely N-dealkylation sites (N-methyl/N-ethyl adjacent to an activating group) is 1. The van der Waals surface area contributed by atoms with Crippen LogP contribution in [0.25, 0.3) is 16.7 Å².